The molecule has 196 valence electrons. The third-order valence-corrected chi connectivity index (χ3v) is 7.02. The van der Waals surface area contributed by atoms with Gasteiger partial charge in [0.2, 0.25) is 11.0 Å². The Morgan fingerprint density at radius 2 is 1.76 bits per heavy atom. The first-order chi connectivity index (χ1) is 18.4. The molecule has 1 atom stereocenters. The van der Waals surface area contributed by atoms with Crippen molar-refractivity contribution in [3.63, 3.8) is 0 Å². The van der Waals surface area contributed by atoms with E-state index in [9.17, 15) is 19.2 Å². The Morgan fingerprint density at radius 3 is 2.42 bits per heavy atom. The molecule has 1 aromatic heterocycles. The molecule has 3 amide bonds. The maximum absolute atomic E-state index is 13.5. The highest BCUT2D eigenvalue weighted by Gasteiger charge is 2.45. The number of ether oxygens (including phenoxy) is 1. The maximum atomic E-state index is 13.5. The van der Waals surface area contributed by atoms with Crippen LogP contribution in [0, 0.1) is 0 Å². The number of thiocarbonyl (C=S) groups is 1. The maximum Gasteiger partial charge on any atom is 0.338 e. The van der Waals surface area contributed by atoms with Gasteiger partial charge in [0.05, 0.1) is 29.2 Å². The summed E-state index contributed by atoms with van der Waals surface area (Å²) in [6.45, 7) is 2.35. The van der Waals surface area contributed by atoms with E-state index in [0.717, 1.165) is 5.56 Å². The van der Waals surface area contributed by atoms with Crippen LogP contribution in [0.15, 0.2) is 72.1 Å². The summed E-state index contributed by atoms with van der Waals surface area (Å²) in [6, 6.07) is 18.3. The first kappa shape index (κ1) is 27.0. The van der Waals surface area contributed by atoms with Crippen molar-refractivity contribution in [1.82, 2.24) is 15.8 Å². The average molecular weight is 551 g/mol. The summed E-state index contributed by atoms with van der Waals surface area (Å²) < 4.78 is 5.01. The van der Waals surface area contributed by atoms with Gasteiger partial charge < -0.3 is 10.1 Å². The normalized spacial score (nSPS) is 14.9. The molecule has 1 aliphatic heterocycles. The molecule has 2 N–H and O–H groups in total. The SMILES string of the molecule is CCOC(=O)c1ccc(N2C(=O)C(CC(=O)NCCc3ccccc3)N(NC(=O)c3cccs3)C2=S)cc1. The van der Waals surface area contributed by atoms with Crippen molar-refractivity contribution >= 4 is 58.0 Å². The van der Waals surface area contributed by atoms with Crippen LogP contribution in [0.5, 0.6) is 0 Å². The first-order valence-corrected chi connectivity index (χ1v) is 13.3. The molecule has 9 nitrogen and oxygen atoms in total. The fourth-order valence-electron chi connectivity index (χ4n) is 3.91. The molecule has 3 aromatic rings. The zero-order valence-corrected chi connectivity index (χ0v) is 22.2. The van der Waals surface area contributed by atoms with Crippen LogP contribution in [0.1, 0.15) is 38.9 Å². The van der Waals surface area contributed by atoms with Crippen LogP contribution in [0.25, 0.3) is 0 Å². The van der Waals surface area contributed by atoms with E-state index in [0.29, 0.717) is 29.1 Å². The Kier molecular flexibility index (Phi) is 8.82. The number of amides is 3. The molecule has 1 fully saturated rings. The molecule has 1 unspecified atom stereocenters. The molecule has 0 saturated carbocycles. The van der Waals surface area contributed by atoms with Crippen molar-refractivity contribution in [3.05, 3.63) is 88.1 Å². The Hall–Kier alpha value is -4.09. The number of hydrogen-bond donors (Lipinski definition) is 2. The summed E-state index contributed by atoms with van der Waals surface area (Å²) in [5.41, 5.74) is 4.49. The number of hydrogen-bond acceptors (Lipinski definition) is 7. The van der Waals surface area contributed by atoms with E-state index in [1.807, 2.05) is 30.3 Å². The van der Waals surface area contributed by atoms with Gasteiger partial charge in [0, 0.05) is 6.54 Å². The molecule has 0 radical (unpaired) electrons. The molecule has 2 aromatic carbocycles. The predicted octanol–water partition coefficient (Wildman–Crippen LogP) is 3.32. The standard InChI is InChI=1S/C27H26N4O5S2/c1-2-36-26(35)19-10-12-20(13-11-19)30-25(34)21(17-23(32)28-15-14-18-7-4-3-5-8-18)31(27(30)37)29-24(33)22-9-6-16-38-22/h3-13,16,21H,2,14-15,17H2,1H3,(H,28,32)(H,29,33). The van der Waals surface area contributed by atoms with Gasteiger partial charge >= 0.3 is 5.97 Å². The highest BCUT2D eigenvalue weighted by molar-refractivity contribution is 7.80. The molecular weight excluding hydrogens is 524 g/mol. The second kappa shape index (κ2) is 12.4. The molecule has 1 aliphatic rings. The van der Waals surface area contributed by atoms with Crippen molar-refractivity contribution in [1.29, 1.82) is 0 Å². The first-order valence-electron chi connectivity index (χ1n) is 12.0. The summed E-state index contributed by atoms with van der Waals surface area (Å²) in [7, 11) is 0. The Morgan fingerprint density at radius 1 is 1.03 bits per heavy atom. The second-order valence-corrected chi connectivity index (χ2v) is 9.63. The number of nitrogens with one attached hydrogen (secondary N) is 2. The molecule has 0 spiro atoms. The van der Waals surface area contributed by atoms with E-state index < -0.39 is 23.8 Å². The van der Waals surface area contributed by atoms with E-state index in [4.69, 9.17) is 17.0 Å². The number of carbonyl (C=O) groups excluding carboxylic acids is 4. The zero-order chi connectivity index (χ0) is 27.1. The van der Waals surface area contributed by atoms with Crippen LogP contribution < -0.4 is 15.6 Å². The Bertz CT molecular complexity index is 1310. The van der Waals surface area contributed by atoms with Crippen LogP contribution in [0.3, 0.4) is 0 Å². The number of hydrazine groups is 1. The molecule has 0 aliphatic carbocycles. The third-order valence-electron chi connectivity index (χ3n) is 5.78. The molecule has 11 heteroatoms. The fraction of sp³-hybridized carbons (Fsp3) is 0.222. The van der Waals surface area contributed by atoms with Crippen molar-refractivity contribution in [3.8, 4) is 0 Å². The van der Waals surface area contributed by atoms with Crippen LogP contribution in [0.2, 0.25) is 0 Å². The second-order valence-electron chi connectivity index (χ2n) is 8.32. The van der Waals surface area contributed by atoms with E-state index >= 15 is 0 Å². The van der Waals surface area contributed by atoms with Crippen LogP contribution in [-0.4, -0.2) is 53.0 Å². The minimum absolute atomic E-state index is 0.0193. The van der Waals surface area contributed by atoms with Gasteiger partial charge in [-0.25, -0.2) is 9.80 Å². The van der Waals surface area contributed by atoms with Gasteiger partial charge in [-0.05, 0) is 66.8 Å². The molecule has 4 rings (SSSR count). The van der Waals surface area contributed by atoms with E-state index in [2.05, 4.69) is 10.7 Å². The minimum atomic E-state index is -1.05. The lowest BCUT2D eigenvalue weighted by atomic mass is 10.1. The van der Waals surface area contributed by atoms with Crippen molar-refractivity contribution in [2.45, 2.75) is 25.8 Å². The number of esters is 1. The van der Waals surface area contributed by atoms with E-state index in [1.54, 1.807) is 36.6 Å². The number of anilines is 1. The third kappa shape index (κ3) is 6.24. The number of thiophene rings is 1. The lowest BCUT2D eigenvalue weighted by Gasteiger charge is -2.24. The van der Waals surface area contributed by atoms with Gasteiger partial charge in [-0.1, -0.05) is 36.4 Å². The molecule has 1 saturated heterocycles. The smallest absolute Gasteiger partial charge is 0.338 e. The predicted molar refractivity (Wildman–Crippen MR) is 148 cm³/mol. The lowest BCUT2D eigenvalue weighted by Crippen LogP contribution is -2.50. The van der Waals surface area contributed by atoms with Crippen LogP contribution in [0.4, 0.5) is 5.69 Å². The van der Waals surface area contributed by atoms with Crippen LogP contribution in [-0.2, 0) is 20.7 Å². The fourth-order valence-corrected chi connectivity index (χ4v) is 4.89. The highest BCUT2D eigenvalue weighted by Crippen LogP contribution is 2.27. The van der Waals surface area contributed by atoms with Gasteiger partial charge in [0.1, 0.15) is 6.04 Å². The summed E-state index contributed by atoms with van der Waals surface area (Å²) in [6.07, 6.45) is 0.428. The monoisotopic (exact) mass is 550 g/mol. The van der Waals surface area contributed by atoms with Crippen LogP contribution >= 0.6 is 23.6 Å². The van der Waals surface area contributed by atoms with Gasteiger partial charge in [-0.2, -0.15) is 0 Å². The van der Waals surface area contributed by atoms with Crippen molar-refractivity contribution in [2.24, 2.45) is 0 Å². The summed E-state index contributed by atoms with van der Waals surface area (Å²) in [5, 5.41) is 5.88. The van der Waals surface area contributed by atoms with Gasteiger partial charge in [0.25, 0.3) is 11.8 Å². The summed E-state index contributed by atoms with van der Waals surface area (Å²) >= 11 is 6.81. The molecule has 0 bridgehead atoms. The Labute approximate surface area is 229 Å². The number of nitrogens with zero attached hydrogens (tertiary/aromatic N) is 2. The largest absolute Gasteiger partial charge is 0.462 e. The Balaban J connectivity index is 1.50. The quantitative estimate of drug-likeness (QED) is 0.295. The highest BCUT2D eigenvalue weighted by atomic mass is 32.1. The van der Waals surface area contributed by atoms with E-state index in [1.165, 1.54) is 33.4 Å². The van der Waals surface area contributed by atoms with E-state index in [-0.39, 0.29) is 24.0 Å². The molecule has 2 heterocycles. The van der Waals surface area contributed by atoms with Crippen molar-refractivity contribution < 1.29 is 23.9 Å². The van der Waals surface area contributed by atoms with Gasteiger partial charge in [-0.15, -0.1) is 11.3 Å². The molecular formula is C27H26N4O5S2. The number of benzene rings is 2. The van der Waals surface area contributed by atoms with Crippen molar-refractivity contribution in [2.75, 3.05) is 18.1 Å². The summed E-state index contributed by atoms with van der Waals surface area (Å²) in [5.74, 6) is -1.74. The topological polar surface area (TPSA) is 108 Å². The number of carbonyl (C=O) groups is 4. The number of rotatable bonds is 10. The average Bonchev–Trinajstić information content (AvgIpc) is 3.53. The lowest BCUT2D eigenvalue weighted by molar-refractivity contribution is -0.127. The summed E-state index contributed by atoms with van der Waals surface area (Å²) in [4.78, 5) is 52.8. The van der Waals surface area contributed by atoms with Gasteiger partial charge in [-0.3, -0.25) is 24.7 Å². The molecule has 38 heavy (non-hydrogen) atoms. The minimum Gasteiger partial charge on any atom is -0.462 e. The zero-order valence-electron chi connectivity index (χ0n) is 20.6. The van der Waals surface area contributed by atoms with Gasteiger partial charge in [0.15, 0.2) is 0 Å².